The highest BCUT2D eigenvalue weighted by Crippen LogP contribution is 2.16. The molecule has 0 aliphatic carbocycles. The number of carbonyl (C=O) groups excluding carboxylic acids is 1. The lowest BCUT2D eigenvalue weighted by Gasteiger charge is -2.17. The third-order valence-corrected chi connectivity index (χ3v) is 2.92. The minimum absolute atomic E-state index is 0.0199. The first kappa shape index (κ1) is 14.1. The van der Waals surface area contributed by atoms with Crippen molar-refractivity contribution >= 4 is 11.6 Å². The average Bonchev–Trinajstić information content (AvgIpc) is 2.38. The van der Waals surface area contributed by atoms with Crippen molar-refractivity contribution in [2.45, 2.75) is 26.3 Å². The van der Waals surface area contributed by atoms with E-state index < -0.39 is 17.8 Å². The van der Waals surface area contributed by atoms with Gasteiger partial charge in [-0.15, -0.1) is 0 Å². The van der Waals surface area contributed by atoms with Crippen LogP contribution in [0.3, 0.4) is 0 Å². The highest BCUT2D eigenvalue weighted by atomic mass is 19.1. The highest BCUT2D eigenvalue weighted by molar-refractivity contribution is 5.95. The van der Waals surface area contributed by atoms with Crippen LogP contribution in [-0.2, 0) is 4.79 Å². The molecule has 1 aromatic rings. The van der Waals surface area contributed by atoms with Crippen molar-refractivity contribution in [3.63, 3.8) is 0 Å². The third-order valence-electron chi connectivity index (χ3n) is 2.92. The van der Waals surface area contributed by atoms with Crippen molar-refractivity contribution in [3.8, 4) is 6.07 Å². The number of nitriles is 1. The van der Waals surface area contributed by atoms with Crippen LogP contribution >= 0.6 is 0 Å². The molecule has 0 heterocycles. The van der Waals surface area contributed by atoms with Gasteiger partial charge < -0.3 is 11.1 Å². The summed E-state index contributed by atoms with van der Waals surface area (Å²) in [5.41, 5.74) is 5.98. The summed E-state index contributed by atoms with van der Waals surface area (Å²) >= 11 is 0. The zero-order valence-electron chi connectivity index (χ0n) is 10.4. The zero-order valence-corrected chi connectivity index (χ0v) is 10.4. The summed E-state index contributed by atoms with van der Waals surface area (Å²) in [6, 6.07) is 5.01. The van der Waals surface area contributed by atoms with E-state index in [1.54, 1.807) is 0 Å². The smallest absolute Gasteiger partial charge is 0.241 e. The van der Waals surface area contributed by atoms with Gasteiger partial charge in [0.1, 0.15) is 5.82 Å². The molecule has 0 aliphatic rings. The summed E-state index contributed by atoms with van der Waals surface area (Å²) in [7, 11) is 0. The van der Waals surface area contributed by atoms with E-state index in [0.717, 1.165) is 12.5 Å². The summed E-state index contributed by atoms with van der Waals surface area (Å²) in [6.45, 7) is 3.79. The van der Waals surface area contributed by atoms with Gasteiger partial charge in [0.25, 0.3) is 0 Å². The Morgan fingerprint density at radius 2 is 2.28 bits per heavy atom. The van der Waals surface area contributed by atoms with E-state index in [1.165, 1.54) is 12.1 Å². The fourth-order valence-electron chi connectivity index (χ4n) is 1.41. The Balaban J connectivity index is 2.80. The van der Waals surface area contributed by atoms with Crippen LogP contribution in [0.2, 0.25) is 0 Å². The van der Waals surface area contributed by atoms with E-state index in [4.69, 9.17) is 11.0 Å². The van der Waals surface area contributed by atoms with Crippen LogP contribution in [0.5, 0.6) is 0 Å². The quantitative estimate of drug-likeness (QED) is 0.856. The van der Waals surface area contributed by atoms with E-state index in [2.05, 4.69) is 5.32 Å². The molecule has 4 nitrogen and oxygen atoms in total. The maximum absolute atomic E-state index is 13.5. The van der Waals surface area contributed by atoms with E-state index >= 15 is 0 Å². The second-order valence-corrected chi connectivity index (χ2v) is 4.21. The Labute approximate surface area is 106 Å². The lowest BCUT2D eigenvalue weighted by Crippen LogP contribution is -2.40. The number of halogens is 1. The van der Waals surface area contributed by atoms with Gasteiger partial charge >= 0.3 is 0 Å². The van der Waals surface area contributed by atoms with Crippen molar-refractivity contribution in [1.82, 2.24) is 0 Å². The first-order chi connectivity index (χ1) is 8.49. The molecule has 0 saturated carbocycles. The summed E-state index contributed by atoms with van der Waals surface area (Å²) in [5.74, 6) is -1.04. The van der Waals surface area contributed by atoms with Crippen molar-refractivity contribution in [3.05, 3.63) is 29.6 Å². The Hall–Kier alpha value is -1.93. The normalized spacial score (nSPS) is 13.5. The highest BCUT2D eigenvalue weighted by Gasteiger charge is 2.20. The molecular formula is C13H16FN3O. The number of anilines is 1. The molecule has 0 spiro atoms. The topological polar surface area (TPSA) is 78.9 Å². The van der Waals surface area contributed by atoms with Crippen molar-refractivity contribution in [1.29, 1.82) is 5.26 Å². The summed E-state index contributed by atoms with van der Waals surface area (Å²) < 4.78 is 13.5. The lowest BCUT2D eigenvalue weighted by molar-refractivity contribution is -0.118. The number of rotatable bonds is 4. The molecular weight excluding hydrogens is 233 g/mol. The van der Waals surface area contributed by atoms with Gasteiger partial charge in [-0.1, -0.05) is 20.3 Å². The second kappa shape index (κ2) is 6.12. The van der Waals surface area contributed by atoms with Crippen LogP contribution in [0.1, 0.15) is 25.8 Å². The molecule has 1 amide bonds. The molecule has 0 aromatic heterocycles. The molecule has 0 saturated heterocycles. The number of amides is 1. The van der Waals surface area contributed by atoms with Crippen LogP contribution in [-0.4, -0.2) is 11.9 Å². The van der Waals surface area contributed by atoms with Crippen molar-refractivity contribution < 1.29 is 9.18 Å². The van der Waals surface area contributed by atoms with E-state index in [-0.39, 0.29) is 17.2 Å². The SMILES string of the molecule is CC[C@H](C)[C@H](N)C(=O)Nc1ccc(C#N)cc1F. The molecule has 5 heteroatoms. The number of benzene rings is 1. The van der Waals surface area contributed by atoms with Gasteiger partial charge in [0, 0.05) is 0 Å². The first-order valence-corrected chi connectivity index (χ1v) is 5.75. The van der Waals surface area contributed by atoms with Gasteiger partial charge in [-0.05, 0) is 24.1 Å². The Kier molecular flexibility index (Phi) is 4.81. The molecule has 0 radical (unpaired) electrons. The number of carbonyl (C=O) groups is 1. The van der Waals surface area contributed by atoms with Crippen LogP contribution < -0.4 is 11.1 Å². The van der Waals surface area contributed by atoms with E-state index in [0.29, 0.717) is 0 Å². The van der Waals surface area contributed by atoms with Gasteiger partial charge in [-0.25, -0.2) is 4.39 Å². The number of nitrogens with two attached hydrogens (primary N) is 1. The molecule has 0 unspecified atom stereocenters. The van der Waals surface area contributed by atoms with Crippen LogP contribution in [0.15, 0.2) is 18.2 Å². The molecule has 0 fully saturated rings. The molecule has 2 atom stereocenters. The fraction of sp³-hybridized carbons (Fsp3) is 0.385. The third kappa shape index (κ3) is 3.28. The maximum atomic E-state index is 13.5. The number of nitrogens with one attached hydrogen (secondary N) is 1. The van der Waals surface area contributed by atoms with Gasteiger partial charge in [-0.3, -0.25) is 4.79 Å². The molecule has 1 rings (SSSR count). The second-order valence-electron chi connectivity index (χ2n) is 4.21. The lowest BCUT2D eigenvalue weighted by atomic mass is 9.99. The van der Waals surface area contributed by atoms with Crippen LogP contribution in [0.4, 0.5) is 10.1 Å². The maximum Gasteiger partial charge on any atom is 0.241 e. The number of nitrogens with zero attached hydrogens (tertiary/aromatic N) is 1. The number of hydrogen-bond donors (Lipinski definition) is 2. The predicted octanol–water partition coefficient (Wildman–Crippen LogP) is 2.01. The standard InChI is InChI=1S/C13H16FN3O/c1-3-8(2)12(16)13(18)17-11-5-4-9(7-15)6-10(11)14/h4-6,8,12H,3,16H2,1-2H3,(H,17,18)/t8-,12-/m0/s1. The minimum atomic E-state index is -0.676. The van der Waals surface area contributed by atoms with Crippen molar-refractivity contribution in [2.75, 3.05) is 5.32 Å². The average molecular weight is 249 g/mol. The largest absolute Gasteiger partial charge is 0.322 e. The van der Waals surface area contributed by atoms with Gasteiger partial charge in [0.05, 0.1) is 23.4 Å². The van der Waals surface area contributed by atoms with Gasteiger partial charge in [-0.2, -0.15) is 5.26 Å². The van der Waals surface area contributed by atoms with Gasteiger partial charge in [0.2, 0.25) is 5.91 Å². The minimum Gasteiger partial charge on any atom is -0.322 e. The van der Waals surface area contributed by atoms with E-state index in [1.807, 2.05) is 19.9 Å². The van der Waals surface area contributed by atoms with E-state index in [9.17, 15) is 9.18 Å². The predicted molar refractivity (Wildman–Crippen MR) is 67.2 cm³/mol. The Morgan fingerprint density at radius 1 is 1.61 bits per heavy atom. The fourth-order valence-corrected chi connectivity index (χ4v) is 1.41. The summed E-state index contributed by atoms with van der Waals surface area (Å²) in [5, 5.41) is 11.0. The summed E-state index contributed by atoms with van der Waals surface area (Å²) in [6.07, 6.45) is 0.768. The zero-order chi connectivity index (χ0) is 13.7. The number of hydrogen-bond acceptors (Lipinski definition) is 3. The molecule has 0 aliphatic heterocycles. The van der Waals surface area contributed by atoms with Crippen LogP contribution in [0, 0.1) is 23.1 Å². The molecule has 1 aromatic carbocycles. The molecule has 18 heavy (non-hydrogen) atoms. The van der Waals surface area contributed by atoms with Crippen LogP contribution in [0.25, 0.3) is 0 Å². The van der Waals surface area contributed by atoms with Gasteiger partial charge in [0.15, 0.2) is 0 Å². The molecule has 3 N–H and O–H groups in total. The molecule has 96 valence electrons. The van der Waals surface area contributed by atoms with Crippen molar-refractivity contribution in [2.24, 2.45) is 11.7 Å². The Bertz CT molecular complexity index is 482. The molecule has 0 bridgehead atoms. The summed E-state index contributed by atoms with van der Waals surface area (Å²) in [4.78, 5) is 11.8. The first-order valence-electron chi connectivity index (χ1n) is 5.75. The Morgan fingerprint density at radius 3 is 2.78 bits per heavy atom. The monoisotopic (exact) mass is 249 g/mol.